The highest BCUT2D eigenvalue weighted by atomic mass is 32.1. The molecule has 2 amide bonds. The summed E-state index contributed by atoms with van der Waals surface area (Å²) >= 11 is 1.19. The molecule has 0 bridgehead atoms. The van der Waals surface area contributed by atoms with Crippen molar-refractivity contribution in [2.45, 2.75) is 34.1 Å². The van der Waals surface area contributed by atoms with E-state index in [1.165, 1.54) is 23.5 Å². The van der Waals surface area contributed by atoms with Crippen molar-refractivity contribution in [3.63, 3.8) is 0 Å². The fourth-order valence-corrected chi connectivity index (χ4v) is 3.15. The quantitative estimate of drug-likeness (QED) is 0.826. The van der Waals surface area contributed by atoms with Gasteiger partial charge in [0.2, 0.25) is 5.91 Å². The van der Waals surface area contributed by atoms with Crippen LogP contribution in [0.1, 0.15) is 39.8 Å². The summed E-state index contributed by atoms with van der Waals surface area (Å²) in [6, 6.07) is 4.62. The molecule has 0 aliphatic carbocycles. The molecule has 7 heteroatoms. The van der Waals surface area contributed by atoms with Gasteiger partial charge in [0.05, 0.1) is 17.8 Å². The first-order valence-corrected chi connectivity index (χ1v) is 8.88. The number of anilines is 1. The number of halogens is 1. The number of aryl methyl sites for hydroxylation is 2. The molecule has 5 nitrogen and oxygen atoms in total. The standard InChI is InChI=1S/C18H22FN3O2S/c1-10(2)9-20-18(24)17-12(4)21-16(25-17)8-15(23)22-14-6-5-11(3)7-13(14)19/h5-7,10H,8-9H2,1-4H3,(H,20,24)(H,22,23). The lowest BCUT2D eigenvalue weighted by Crippen LogP contribution is -2.27. The Morgan fingerprint density at radius 3 is 2.64 bits per heavy atom. The molecule has 0 unspecified atom stereocenters. The molecule has 25 heavy (non-hydrogen) atoms. The number of aromatic nitrogens is 1. The third-order valence-corrected chi connectivity index (χ3v) is 4.58. The van der Waals surface area contributed by atoms with Gasteiger partial charge in [0.1, 0.15) is 15.7 Å². The van der Waals surface area contributed by atoms with Gasteiger partial charge in [0.15, 0.2) is 0 Å². The molecule has 134 valence electrons. The molecule has 0 saturated carbocycles. The van der Waals surface area contributed by atoms with Crippen LogP contribution in [0.15, 0.2) is 18.2 Å². The average Bonchev–Trinajstić information content (AvgIpc) is 2.88. The molecule has 0 radical (unpaired) electrons. The minimum absolute atomic E-state index is 0.00369. The van der Waals surface area contributed by atoms with E-state index in [9.17, 15) is 14.0 Å². The van der Waals surface area contributed by atoms with E-state index in [-0.39, 0.29) is 23.9 Å². The predicted molar refractivity (Wildman–Crippen MR) is 97.5 cm³/mol. The lowest BCUT2D eigenvalue weighted by molar-refractivity contribution is -0.115. The van der Waals surface area contributed by atoms with Crippen LogP contribution in [0.5, 0.6) is 0 Å². The summed E-state index contributed by atoms with van der Waals surface area (Å²) in [5, 5.41) is 5.90. The number of hydrogen-bond acceptors (Lipinski definition) is 4. The van der Waals surface area contributed by atoms with Crippen molar-refractivity contribution in [3.05, 3.63) is 45.2 Å². The van der Waals surface area contributed by atoms with Crippen LogP contribution in [0.25, 0.3) is 0 Å². The molecule has 1 aromatic carbocycles. The molecule has 1 aromatic heterocycles. The number of carbonyl (C=O) groups excluding carboxylic acids is 2. The van der Waals surface area contributed by atoms with Gasteiger partial charge in [-0.3, -0.25) is 9.59 Å². The summed E-state index contributed by atoms with van der Waals surface area (Å²) in [5.74, 6) is -0.671. The van der Waals surface area contributed by atoms with Crippen LogP contribution in [-0.2, 0) is 11.2 Å². The molecule has 0 saturated heterocycles. The van der Waals surface area contributed by atoms with Gasteiger partial charge in [0.25, 0.3) is 5.91 Å². The molecule has 2 rings (SSSR count). The summed E-state index contributed by atoms with van der Waals surface area (Å²) in [5.41, 5.74) is 1.51. The highest BCUT2D eigenvalue weighted by Gasteiger charge is 2.17. The minimum Gasteiger partial charge on any atom is -0.351 e. The van der Waals surface area contributed by atoms with Crippen molar-refractivity contribution in [2.24, 2.45) is 5.92 Å². The van der Waals surface area contributed by atoms with Gasteiger partial charge in [-0.15, -0.1) is 11.3 Å². The maximum Gasteiger partial charge on any atom is 0.263 e. The molecule has 0 aliphatic heterocycles. The molecule has 2 N–H and O–H groups in total. The number of amides is 2. The van der Waals surface area contributed by atoms with Crippen LogP contribution < -0.4 is 10.6 Å². The molecule has 1 heterocycles. The molecule has 0 fully saturated rings. The summed E-state index contributed by atoms with van der Waals surface area (Å²) in [7, 11) is 0. The van der Waals surface area contributed by atoms with Crippen molar-refractivity contribution in [2.75, 3.05) is 11.9 Å². The molecule has 0 spiro atoms. The lowest BCUT2D eigenvalue weighted by Gasteiger charge is -2.06. The van der Waals surface area contributed by atoms with Crippen LogP contribution in [0, 0.1) is 25.6 Å². The van der Waals surface area contributed by atoms with E-state index in [1.54, 1.807) is 19.9 Å². The van der Waals surface area contributed by atoms with Gasteiger partial charge in [-0.05, 0) is 37.5 Å². The number of nitrogens with one attached hydrogen (secondary N) is 2. The van der Waals surface area contributed by atoms with Gasteiger partial charge >= 0.3 is 0 Å². The van der Waals surface area contributed by atoms with Gasteiger partial charge in [-0.2, -0.15) is 0 Å². The van der Waals surface area contributed by atoms with Crippen molar-refractivity contribution in [1.29, 1.82) is 0 Å². The van der Waals surface area contributed by atoms with E-state index in [1.807, 2.05) is 13.8 Å². The Morgan fingerprint density at radius 2 is 2.00 bits per heavy atom. The zero-order chi connectivity index (χ0) is 18.6. The second kappa shape index (κ2) is 8.20. The van der Waals surface area contributed by atoms with Crippen molar-refractivity contribution >= 4 is 28.8 Å². The normalized spacial score (nSPS) is 10.8. The number of carbonyl (C=O) groups is 2. The van der Waals surface area contributed by atoms with Crippen LogP contribution in [0.4, 0.5) is 10.1 Å². The minimum atomic E-state index is -0.475. The SMILES string of the molecule is Cc1ccc(NC(=O)Cc2nc(C)c(C(=O)NCC(C)C)s2)c(F)c1. The fourth-order valence-electron chi connectivity index (χ4n) is 2.17. The molecular formula is C18H22FN3O2S. The maximum absolute atomic E-state index is 13.8. The van der Waals surface area contributed by atoms with Crippen molar-refractivity contribution in [1.82, 2.24) is 10.3 Å². The van der Waals surface area contributed by atoms with Crippen molar-refractivity contribution in [3.8, 4) is 0 Å². The zero-order valence-corrected chi connectivity index (χ0v) is 15.6. The zero-order valence-electron chi connectivity index (χ0n) is 14.8. The smallest absolute Gasteiger partial charge is 0.263 e. The van der Waals surface area contributed by atoms with E-state index < -0.39 is 5.82 Å². The maximum atomic E-state index is 13.8. The molecule has 0 aliphatic rings. The van der Waals surface area contributed by atoms with E-state index >= 15 is 0 Å². The average molecular weight is 363 g/mol. The van der Waals surface area contributed by atoms with Crippen LogP contribution >= 0.6 is 11.3 Å². The Kier molecular flexibility index (Phi) is 6.25. The first kappa shape index (κ1) is 19.1. The predicted octanol–water partition coefficient (Wildman–Crippen LogP) is 3.47. The lowest BCUT2D eigenvalue weighted by atomic mass is 10.2. The molecule has 0 atom stereocenters. The summed E-state index contributed by atoms with van der Waals surface area (Å²) in [4.78, 5) is 29.0. The monoisotopic (exact) mass is 363 g/mol. The first-order valence-electron chi connectivity index (χ1n) is 8.06. The Hall–Kier alpha value is -2.28. The number of hydrogen-bond donors (Lipinski definition) is 2. The second-order valence-electron chi connectivity index (χ2n) is 6.33. The first-order chi connectivity index (χ1) is 11.8. The van der Waals surface area contributed by atoms with Gasteiger partial charge in [-0.25, -0.2) is 9.37 Å². The summed E-state index contributed by atoms with van der Waals surface area (Å²) in [6.45, 7) is 8.12. The Bertz CT molecular complexity index is 787. The van der Waals surface area contributed by atoms with Crippen molar-refractivity contribution < 1.29 is 14.0 Å². The fraction of sp³-hybridized carbons (Fsp3) is 0.389. The molecular weight excluding hydrogens is 341 g/mol. The summed E-state index contributed by atoms with van der Waals surface area (Å²) in [6.07, 6.45) is -0.00369. The van der Waals surface area contributed by atoms with Gasteiger partial charge < -0.3 is 10.6 Å². The second-order valence-corrected chi connectivity index (χ2v) is 7.42. The van der Waals surface area contributed by atoms with Crippen LogP contribution in [0.2, 0.25) is 0 Å². The van der Waals surface area contributed by atoms with Crippen LogP contribution in [0.3, 0.4) is 0 Å². The number of rotatable bonds is 6. The number of benzene rings is 1. The van der Waals surface area contributed by atoms with E-state index in [0.717, 1.165) is 5.56 Å². The van der Waals surface area contributed by atoms with Gasteiger partial charge in [0, 0.05) is 6.54 Å². The Labute approximate surface area is 150 Å². The van der Waals surface area contributed by atoms with E-state index in [2.05, 4.69) is 15.6 Å². The van der Waals surface area contributed by atoms with Gasteiger partial charge in [-0.1, -0.05) is 19.9 Å². The largest absolute Gasteiger partial charge is 0.351 e. The van der Waals surface area contributed by atoms with E-state index in [0.29, 0.717) is 28.0 Å². The topological polar surface area (TPSA) is 71.1 Å². The third-order valence-electron chi connectivity index (χ3n) is 3.43. The highest BCUT2D eigenvalue weighted by molar-refractivity contribution is 7.13. The third kappa shape index (κ3) is 5.35. The Balaban J connectivity index is 2.01. The van der Waals surface area contributed by atoms with Crippen LogP contribution in [-0.4, -0.2) is 23.3 Å². The Morgan fingerprint density at radius 1 is 1.28 bits per heavy atom. The number of nitrogens with zero attached hydrogens (tertiary/aromatic N) is 1. The van der Waals surface area contributed by atoms with E-state index in [4.69, 9.17) is 0 Å². The number of thiazole rings is 1. The highest BCUT2D eigenvalue weighted by Crippen LogP contribution is 2.20. The summed E-state index contributed by atoms with van der Waals surface area (Å²) < 4.78 is 13.8. The molecule has 2 aromatic rings.